The van der Waals surface area contributed by atoms with Gasteiger partial charge in [-0.25, -0.2) is 4.98 Å². The van der Waals surface area contributed by atoms with Gasteiger partial charge in [-0.2, -0.15) is 4.98 Å². The summed E-state index contributed by atoms with van der Waals surface area (Å²) >= 11 is 1.45. The molecule has 18 heavy (non-hydrogen) atoms. The summed E-state index contributed by atoms with van der Waals surface area (Å²) in [6, 6.07) is -0.348. The predicted molar refractivity (Wildman–Crippen MR) is 64.6 cm³/mol. The van der Waals surface area contributed by atoms with E-state index in [0.29, 0.717) is 18.1 Å². The Hall–Kier alpha value is -2.06. The minimum absolute atomic E-state index is 0.348. The van der Waals surface area contributed by atoms with Crippen LogP contribution in [0.5, 0.6) is 0 Å². The summed E-state index contributed by atoms with van der Waals surface area (Å²) in [6.07, 6.45) is 5.60. The summed E-state index contributed by atoms with van der Waals surface area (Å²) < 4.78 is 5.16. The largest absolute Gasteiger partial charge is 0.348 e. The van der Waals surface area contributed by atoms with Gasteiger partial charge in [-0.05, 0) is 0 Å². The van der Waals surface area contributed by atoms with Crippen LogP contribution in [-0.4, -0.2) is 25.1 Å². The Balaban J connectivity index is 1.77. The zero-order chi connectivity index (χ0) is 12.4. The van der Waals surface area contributed by atoms with E-state index in [1.54, 1.807) is 24.2 Å². The molecule has 3 heterocycles. The number of nitrogens with zero attached hydrogens (tertiary/aromatic N) is 4. The molecule has 0 aliphatic carbocycles. The lowest BCUT2D eigenvalue weighted by Crippen LogP contribution is -2.13. The highest BCUT2D eigenvalue weighted by Crippen LogP contribution is 2.22. The molecule has 0 bridgehead atoms. The van der Waals surface area contributed by atoms with E-state index in [4.69, 9.17) is 10.3 Å². The number of imidazole rings is 1. The van der Waals surface area contributed by atoms with Crippen LogP contribution in [0, 0.1) is 0 Å². The molecule has 0 unspecified atom stereocenters. The molecule has 0 spiro atoms. The molecule has 8 heteroatoms. The normalized spacial score (nSPS) is 12.7. The molecule has 0 radical (unpaired) electrons. The molecule has 0 aliphatic rings. The first kappa shape index (κ1) is 11.1. The fourth-order valence-electron chi connectivity index (χ4n) is 1.53. The first-order chi connectivity index (χ1) is 8.83. The van der Waals surface area contributed by atoms with Gasteiger partial charge >= 0.3 is 0 Å². The van der Waals surface area contributed by atoms with Crippen LogP contribution < -0.4 is 5.73 Å². The van der Waals surface area contributed by atoms with E-state index in [-0.39, 0.29) is 6.04 Å². The van der Waals surface area contributed by atoms with Gasteiger partial charge in [-0.15, -0.1) is 11.3 Å². The molecule has 3 rings (SSSR count). The quantitative estimate of drug-likeness (QED) is 0.730. The third-order valence-corrected chi connectivity index (χ3v) is 3.18. The lowest BCUT2D eigenvalue weighted by Gasteiger charge is -2.03. The molecular formula is C10H10N6OS. The lowest BCUT2D eigenvalue weighted by molar-refractivity contribution is 0.354. The fourth-order valence-corrected chi connectivity index (χ4v) is 2.08. The van der Waals surface area contributed by atoms with Crippen molar-refractivity contribution in [1.82, 2.24) is 25.1 Å². The van der Waals surface area contributed by atoms with Crippen LogP contribution in [0.4, 0.5) is 0 Å². The van der Waals surface area contributed by atoms with Crippen molar-refractivity contribution in [3.05, 3.63) is 35.8 Å². The van der Waals surface area contributed by atoms with Gasteiger partial charge in [0.05, 0.1) is 22.8 Å². The number of nitrogens with one attached hydrogen (secondary N) is 1. The first-order valence-electron chi connectivity index (χ1n) is 5.28. The number of hydrogen-bond acceptors (Lipinski definition) is 7. The number of thiazole rings is 1. The molecule has 0 fully saturated rings. The maximum atomic E-state index is 6.00. The van der Waals surface area contributed by atoms with Gasteiger partial charge in [0.25, 0.3) is 0 Å². The minimum atomic E-state index is -0.348. The molecule has 0 amide bonds. The number of rotatable bonds is 4. The summed E-state index contributed by atoms with van der Waals surface area (Å²) in [6.45, 7) is 0. The predicted octanol–water partition coefficient (Wildman–Crippen LogP) is 1.16. The molecule has 0 saturated heterocycles. The SMILES string of the molecule is N[C@H](Cc1cnc[nH]1)c1nc(-c2cncs2)no1. The van der Waals surface area contributed by atoms with Crippen LogP contribution in [0.3, 0.4) is 0 Å². The Kier molecular flexibility index (Phi) is 2.87. The summed E-state index contributed by atoms with van der Waals surface area (Å²) in [7, 11) is 0. The zero-order valence-electron chi connectivity index (χ0n) is 9.28. The topological polar surface area (TPSA) is 107 Å². The Morgan fingerprint density at radius 2 is 2.33 bits per heavy atom. The minimum Gasteiger partial charge on any atom is -0.348 e. The molecule has 1 atom stereocenters. The molecule has 0 saturated carbocycles. The summed E-state index contributed by atoms with van der Waals surface area (Å²) in [4.78, 5) is 16.0. The third-order valence-electron chi connectivity index (χ3n) is 2.41. The Labute approximate surface area is 106 Å². The van der Waals surface area contributed by atoms with Crippen LogP contribution in [-0.2, 0) is 6.42 Å². The van der Waals surface area contributed by atoms with Crippen molar-refractivity contribution in [2.45, 2.75) is 12.5 Å². The standard InChI is InChI=1S/C10H10N6OS/c11-7(1-6-2-12-4-14-6)10-15-9(16-17-10)8-3-13-5-18-8/h2-5,7H,1,11H2,(H,12,14)/t7-/m1/s1. The van der Waals surface area contributed by atoms with E-state index in [2.05, 4.69) is 25.1 Å². The van der Waals surface area contributed by atoms with E-state index in [0.717, 1.165) is 10.6 Å². The van der Waals surface area contributed by atoms with Crippen molar-refractivity contribution in [3.8, 4) is 10.7 Å². The van der Waals surface area contributed by atoms with E-state index in [9.17, 15) is 0 Å². The van der Waals surface area contributed by atoms with Crippen LogP contribution in [0.15, 0.2) is 28.8 Å². The lowest BCUT2D eigenvalue weighted by atomic mass is 10.2. The second-order valence-corrected chi connectivity index (χ2v) is 4.60. The second-order valence-electron chi connectivity index (χ2n) is 3.71. The Bertz CT molecular complexity index is 602. The fraction of sp³-hybridized carbons (Fsp3) is 0.200. The average Bonchev–Trinajstić information content (AvgIpc) is 3.11. The van der Waals surface area contributed by atoms with Gasteiger partial charge in [0, 0.05) is 24.5 Å². The van der Waals surface area contributed by atoms with E-state index >= 15 is 0 Å². The van der Waals surface area contributed by atoms with Crippen molar-refractivity contribution in [2.75, 3.05) is 0 Å². The summed E-state index contributed by atoms with van der Waals surface area (Å²) in [5.74, 6) is 0.931. The average molecular weight is 262 g/mol. The van der Waals surface area contributed by atoms with Crippen molar-refractivity contribution < 1.29 is 4.52 Å². The molecule has 0 aromatic carbocycles. The van der Waals surface area contributed by atoms with Gasteiger partial charge in [0.2, 0.25) is 11.7 Å². The number of aromatic amines is 1. The van der Waals surface area contributed by atoms with E-state index in [1.807, 2.05) is 0 Å². The van der Waals surface area contributed by atoms with Gasteiger partial charge in [-0.3, -0.25) is 4.98 Å². The monoisotopic (exact) mass is 262 g/mol. The first-order valence-corrected chi connectivity index (χ1v) is 6.16. The molecule has 7 nitrogen and oxygen atoms in total. The summed E-state index contributed by atoms with van der Waals surface area (Å²) in [5.41, 5.74) is 8.65. The number of aromatic nitrogens is 5. The third kappa shape index (κ3) is 2.15. The smallest absolute Gasteiger partial charge is 0.244 e. The van der Waals surface area contributed by atoms with Crippen molar-refractivity contribution in [1.29, 1.82) is 0 Å². The van der Waals surface area contributed by atoms with Gasteiger partial charge in [-0.1, -0.05) is 5.16 Å². The highest BCUT2D eigenvalue weighted by molar-refractivity contribution is 7.13. The maximum Gasteiger partial charge on any atom is 0.244 e. The highest BCUT2D eigenvalue weighted by atomic mass is 32.1. The Morgan fingerprint density at radius 3 is 3.06 bits per heavy atom. The molecule has 3 N–H and O–H groups in total. The van der Waals surface area contributed by atoms with E-state index < -0.39 is 0 Å². The number of hydrogen-bond donors (Lipinski definition) is 2. The molecule has 0 aliphatic heterocycles. The van der Waals surface area contributed by atoms with E-state index in [1.165, 1.54) is 11.3 Å². The maximum absolute atomic E-state index is 6.00. The Morgan fingerprint density at radius 1 is 1.39 bits per heavy atom. The van der Waals surface area contributed by atoms with Crippen molar-refractivity contribution >= 4 is 11.3 Å². The van der Waals surface area contributed by atoms with Crippen LogP contribution in [0.2, 0.25) is 0 Å². The van der Waals surface area contributed by atoms with Gasteiger partial charge in [0.1, 0.15) is 0 Å². The van der Waals surface area contributed by atoms with Crippen LogP contribution in [0.25, 0.3) is 10.7 Å². The van der Waals surface area contributed by atoms with Gasteiger partial charge < -0.3 is 15.2 Å². The number of nitrogens with two attached hydrogens (primary N) is 1. The molecule has 3 aromatic heterocycles. The van der Waals surface area contributed by atoms with Crippen LogP contribution >= 0.6 is 11.3 Å². The molecule has 92 valence electrons. The van der Waals surface area contributed by atoms with Gasteiger partial charge in [0.15, 0.2) is 0 Å². The van der Waals surface area contributed by atoms with Crippen molar-refractivity contribution in [2.24, 2.45) is 5.73 Å². The second kappa shape index (κ2) is 4.67. The summed E-state index contributed by atoms with van der Waals surface area (Å²) in [5, 5.41) is 3.89. The highest BCUT2D eigenvalue weighted by Gasteiger charge is 2.17. The number of H-pyrrole nitrogens is 1. The van der Waals surface area contributed by atoms with Crippen LogP contribution in [0.1, 0.15) is 17.6 Å². The molecular weight excluding hydrogens is 252 g/mol. The zero-order valence-corrected chi connectivity index (χ0v) is 10.1. The molecule has 3 aromatic rings. The van der Waals surface area contributed by atoms with Crippen molar-refractivity contribution in [3.63, 3.8) is 0 Å².